The van der Waals surface area contributed by atoms with E-state index in [-0.39, 0.29) is 17.4 Å². The molecule has 0 bridgehead atoms. The highest BCUT2D eigenvalue weighted by molar-refractivity contribution is 7.91. The summed E-state index contributed by atoms with van der Waals surface area (Å²) < 4.78 is 27.4. The molecular formula is C13H14N2O4S2. The number of aliphatic carboxylic acids is 1. The van der Waals surface area contributed by atoms with Crippen LogP contribution in [0.3, 0.4) is 0 Å². The van der Waals surface area contributed by atoms with Crippen LogP contribution in [0.1, 0.15) is 12.8 Å². The number of hydrogen-bond donors (Lipinski definition) is 1. The highest BCUT2D eigenvalue weighted by Gasteiger charge is 2.33. The molecule has 0 radical (unpaired) electrons. The van der Waals surface area contributed by atoms with Crippen molar-refractivity contribution in [2.45, 2.75) is 17.2 Å². The predicted octanol–water partition coefficient (Wildman–Crippen LogP) is 1.78. The fraction of sp³-hybridized carbons (Fsp3) is 0.385. The van der Waals surface area contributed by atoms with Crippen LogP contribution in [-0.2, 0) is 14.8 Å². The van der Waals surface area contributed by atoms with Gasteiger partial charge in [-0.1, -0.05) is 12.1 Å². The minimum atomic E-state index is -3.63. The molecule has 6 nitrogen and oxygen atoms in total. The molecule has 0 aliphatic carbocycles. The Morgan fingerprint density at radius 3 is 2.57 bits per heavy atom. The second-order valence-electron chi connectivity index (χ2n) is 4.96. The van der Waals surface area contributed by atoms with E-state index in [9.17, 15) is 13.2 Å². The molecule has 1 saturated heterocycles. The number of fused-ring (bicyclic) bond motifs is 1. The van der Waals surface area contributed by atoms with E-state index in [1.807, 2.05) is 18.2 Å². The first-order valence-corrected chi connectivity index (χ1v) is 8.82. The Kier molecular flexibility index (Phi) is 3.68. The molecule has 0 amide bonds. The Bertz CT molecular complexity index is 743. The van der Waals surface area contributed by atoms with Gasteiger partial charge in [0.25, 0.3) is 10.0 Å². The average Bonchev–Trinajstić information content (AvgIpc) is 2.92. The minimum Gasteiger partial charge on any atom is -0.481 e. The standard InChI is InChI=1S/C13H14N2O4S2/c16-12(17)9-5-7-15(8-6-9)21(18,19)13-14-10-3-1-2-4-11(10)20-13/h1-4,9H,5-8H2,(H,16,17). The molecule has 2 aromatic rings. The van der Waals surface area contributed by atoms with Gasteiger partial charge in [0.15, 0.2) is 0 Å². The van der Waals surface area contributed by atoms with Gasteiger partial charge in [-0.2, -0.15) is 4.31 Å². The summed E-state index contributed by atoms with van der Waals surface area (Å²) in [4.78, 5) is 15.1. The molecule has 1 aliphatic rings. The first-order chi connectivity index (χ1) is 9.98. The lowest BCUT2D eigenvalue weighted by molar-refractivity contribution is -0.142. The Morgan fingerprint density at radius 1 is 1.29 bits per heavy atom. The van der Waals surface area contributed by atoms with Gasteiger partial charge in [-0.3, -0.25) is 4.79 Å². The van der Waals surface area contributed by atoms with Crippen molar-refractivity contribution in [2.24, 2.45) is 5.92 Å². The van der Waals surface area contributed by atoms with Gasteiger partial charge in [-0.05, 0) is 25.0 Å². The number of carbonyl (C=O) groups is 1. The van der Waals surface area contributed by atoms with Crippen molar-refractivity contribution in [3.05, 3.63) is 24.3 Å². The third-order valence-electron chi connectivity index (χ3n) is 3.64. The second-order valence-corrected chi connectivity index (χ2v) is 8.11. The summed E-state index contributed by atoms with van der Waals surface area (Å²) in [5, 5.41) is 8.96. The summed E-state index contributed by atoms with van der Waals surface area (Å²) in [5.74, 6) is -1.31. The number of rotatable bonds is 3. The van der Waals surface area contributed by atoms with Crippen molar-refractivity contribution in [3.63, 3.8) is 0 Å². The van der Waals surface area contributed by atoms with Gasteiger partial charge >= 0.3 is 5.97 Å². The van der Waals surface area contributed by atoms with Crippen molar-refractivity contribution in [1.82, 2.24) is 9.29 Å². The van der Waals surface area contributed by atoms with E-state index in [0.717, 1.165) is 16.0 Å². The fourth-order valence-electron chi connectivity index (χ4n) is 2.41. The quantitative estimate of drug-likeness (QED) is 0.929. The van der Waals surface area contributed by atoms with Crippen LogP contribution >= 0.6 is 11.3 Å². The summed E-state index contributed by atoms with van der Waals surface area (Å²) in [6.45, 7) is 0.463. The van der Waals surface area contributed by atoms with Gasteiger partial charge in [0.1, 0.15) is 0 Å². The molecule has 3 rings (SSSR count). The summed E-state index contributed by atoms with van der Waals surface area (Å²) in [6, 6.07) is 7.27. The van der Waals surface area contributed by atoms with Crippen molar-refractivity contribution in [1.29, 1.82) is 0 Å². The van der Waals surface area contributed by atoms with Crippen LogP contribution in [0, 0.1) is 5.92 Å². The predicted molar refractivity (Wildman–Crippen MR) is 78.7 cm³/mol. The average molecular weight is 326 g/mol. The number of carboxylic acids is 1. The number of piperidine rings is 1. The highest BCUT2D eigenvalue weighted by atomic mass is 32.2. The van der Waals surface area contributed by atoms with Crippen LogP contribution in [0.2, 0.25) is 0 Å². The smallest absolute Gasteiger partial charge is 0.306 e. The van der Waals surface area contributed by atoms with E-state index >= 15 is 0 Å². The number of nitrogens with zero attached hydrogens (tertiary/aromatic N) is 2. The molecule has 1 aromatic carbocycles. The van der Waals surface area contributed by atoms with E-state index in [0.29, 0.717) is 18.4 Å². The number of hydrogen-bond acceptors (Lipinski definition) is 5. The van der Waals surface area contributed by atoms with Gasteiger partial charge in [-0.15, -0.1) is 11.3 Å². The Labute approximate surface area is 126 Å². The summed E-state index contributed by atoms with van der Waals surface area (Å²) in [5.41, 5.74) is 0.668. The molecule has 1 aromatic heterocycles. The van der Waals surface area contributed by atoms with Crippen LogP contribution in [0.5, 0.6) is 0 Å². The zero-order valence-corrected chi connectivity index (χ0v) is 12.7. The van der Waals surface area contributed by atoms with E-state index in [2.05, 4.69) is 4.98 Å². The number of thiazole rings is 1. The van der Waals surface area contributed by atoms with Crippen molar-refractivity contribution in [2.75, 3.05) is 13.1 Å². The molecule has 0 unspecified atom stereocenters. The maximum absolute atomic E-state index is 12.6. The first kappa shape index (κ1) is 14.4. The zero-order valence-electron chi connectivity index (χ0n) is 11.1. The normalized spacial score (nSPS) is 18.1. The third kappa shape index (κ3) is 2.66. The number of benzene rings is 1. The Morgan fingerprint density at radius 2 is 1.95 bits per heavy atom. The third-order valence-corrected chi connectivity index (χ3v) is 6.93. The van der Waals surface area contributed by atoms with Crippen molar-refractivity contribution >= 4 is 37.5 Å². The molecule has 0 saturated carbocycles. The largest absolute Gasteiger partial charge is 0.481 e. The molecule has 2 heterocycles. The molecule has 0 atom stereocenters. The van der Waals surface area contributed by atoms with Gasteiger partial charge in [0.2, 0.25) is 4.34 Å². The van der Waals surface area contributed by atoms with Crippen LogP contribution < -0.4 is 0 Å². The molecule has 112 valence electrons. The van der Waals surface area contributed by atoms with Gasteiger partial charge in [-0.25, -0.2) is 13.4 Å². The zero-order chi connectivity index (χ0) is 15.0. The number of carboxylic acid groups (broad SMARTS) is 1. The first-order valence-electron chi connectivity index (χ1n) is 6.57. The van der Waals surface area contributed by atoms with E-state index in [1.165, 1.54) is 4.31 Å². The second kappa shape index (κ2) is 5.36. The summed E-state index contributed by atoms with van der Waals surface area (Å²) in [7, 11) is -3.63. The van der Waals surface area contributed by atoms with Gasteiger partial charge < -0.3 is 5.11 Å². The fourth-order valence-corrected chi connectivity index (χ4v) is 5.24. The lowest BCUT2D eigenvalue weighted by atomic mass is 9.99. The summed E-state index contributed by atoms with van der Waals surface area (Å²) >= 11 is 1.15. The van der Waals surface area contributed by atoms with Crippen LogP contribution in [0.4, 0.5) is 0 Å². The molecule has 1 N–H and O–H groups in total. The lowest BCUT2D eigenvalue weighted by Crippen LogP contribution is -2.40. The van der Waals surface area contributed by atoms with Crippen molar-refractivity contribution in [3.8, 4) is 0 Å². The monoisotopic (exact) mass is 326 g/mol. The molecule has 0 spiro atoms. The topological polar surface area (TPSA) is 87.6 Å². The van der Waals surface area contributed by atoms with Crippen LogP contribution in [-0.4, -0.2) is 41.9 Å². The highest BCUT2D eigenvalue weighted by Crippen LogP contribution is 2.29. The van der Waals surface area contributed by atoms with E-state index in [1.54, 1.807) is 6.07 Å². The number of para-hydroxylation sites is 1. The number of aromatic nitrogens is 1. The molecule has 1 aliphatic heterocycles. The van der Waals surface area contributed by atoms with Gasteiger partial charge in [0, 0.05) is 13.1 Å². The Hall–Kier alpha value is -1.51. The lowest BCUT2D eigenvalue weighted by Gasteiger charge is -2.28. The molecule has 21 heavy (non-hydrogen) atoms. The van der Waals surface area contributed by atoms with Gasteiger partial charge in [0.05, 0.1) is 16.1 Å². The maximum Gasteiger partial charge on any atom is 0.306 e. The van der Waals surface area contributed by atoms with E-state index < -0.39 is 21.9 Å². The molecule has 1 fully saturated rings. The van der Waals surface area contributed by atoms with Crippen molar-refractivity contribution < 1.29 is 18.3 Å². The van der Waals surface area contributed by atoms with E-state index in [4.69, 9.17) is 5.11 Å². The molecule has 8 heteroatoms. The number of sulfonamides is 1. The molecular weight excluding hydrogens is 312 g/mol. The van der Waals surface area contributed by atoms with Crippen LogP contribution in [0.25, 0.3) is 10.2 Å². The SMILES string of the molecule is O=C(O)C1CCN(S(=O)(=O)c2nc3ccccc3s2)CC1. The summed E-state index contributed by atoms with van der Waals surface area (Å²) in [6.07, 6.45) is 0.693. The minimum absolute atomic E-state index is 0.0810. The maximum atomic E-state index is 12.6. The van der Waals surface area contributed by atoms with Crippen LogP contribution in [0.15, 0.2) is 28.6 Å². The Balaban J connectivity index is 1.85.